The van der Waals surface area contributed by atoms with E-state index in [0.717, 1.165) is 0 Å². The number of hydrogen-bond donors (Lipinski definition) is 1. The third-order valence-corrected chi connectivity index (χ3v) is 4.05. The van der Waals surface area contributed by atoms with Crippen molar-refractivity contribution in [2.75, 3.05) is 39.0 Å². The summed E-state index contributed by atoms with van der Waals surface area (Å²) in [5.74, 6) is 0.163. The molecule has 1 unspecified atom stereocenters. The van der Waals surface area contributed by atoms with Crippen molar-refractivity contribution < 1.29 is 13.2 Å². The largest absolute Gasteiger partial charge is 0.376 e. The smallest absolute Gasteiger partial charge is 0.215 e. The number of sulfonamides is 1. The number of ether oxygens (including phenoxy) is 1. The van der Waals surface area contributed by atoms with Crippen LogP contribution >= 0.6 is 0 Å². The molecule has 0 aromatic heterocycles. The van der Waals surface area contributed by atoms with E-state index in [1.54, 1.807) is 7.05 Å². The van der Waals surface area contributed by atoms with Crippen LogP contribution < -0.4 is 5.32 Å². The summed E-state index contributed by atoms with van der Waals surface area (Å²) in [4.78, 5) is 0. The highest BCUT2D eigenvalue weighted by Crippen LogP contribution is 2.09. The highest BCUT2D eigenvalue weighted by Gasteiger charge is 2.26. The van der Waals surface area contributed by atoms with E-state index < -0.39 is 10.0 Å². The van der Waals surface area contributed by atoms with E-state index in [9.17, 15) is 8.42 Å². The van der Waals surface area contributed by atoms with Gasteiger partial charge in [0.05, 0.1) is 18.5 Å². The lowest BCUT2D eigenvalue weighted by atomic mass is 10.3. The molecule has 0 radical (unpaired) electrons. The van der Waals surface area contributed by atoms with Gasteiger partial charge < -0.3 is 10.1 Å². The van der Waals surface area contributed by atoms with Gasteiger partial charge in [-0.15, -0.1) is 0 Å². The molecule has 84 valence electrons. The Bertz CT molecular complexity index is 266. The molecular weight excluding hydrogens is 204 g/mol. The van der Waals surface area contributed by atoms with Gasteiger partial charge in [-0.1, -0.05) is 0 Å². The van der Waals surface area contributed by atoms with Crippen LogP contribution in [0.3, 0.4) is 0 Å². The number of nitrogens with zero attached hydrogens (tertiary/aromatic N) is 1. The molecule has 1 saturated heterocycles. The lowest BCUT2D eigenvalue weighted by Gasteiger charge is -2.30. The van der Waals surface area contributed by atoms with Gasteiger partial charge in [0, 0.05) is 19.6 Å². The molecular formula is C8H18N2O3S. The first-order valence-electron chi connectivity index (χ1n) is 4.80. The Hall–Kier alpha value is -0.170. The zero-order chi connectivity index (χ0) is 10.6. The fraction of sp³-hybridized carbons (Fsp3) is 1.00. The zero-order valence-corrected chi connectivity index (χ0v) is 9.51. The molecule has 0 amide bonds. The maximum atomic E-state index is 11.7. The molecule has 0 spiro atoms. The van der Waals surface area contributed by atoms with Crippen LogP contribution in [0.1, 0.15) is 6.92 Å². The standard InChI is InChI=1S/C8H18N2O3S/c1-8-7-10(4-5-13-8)14(11,12)6-3-9-2/h8-9H,3-7H2,1-2H3. The van der Waals surface area contributed by atoms with E-state index in [0.29, 0.717) is 26.2 Å². The summed E-state index contributed by atoms with van der Waals surface area (Å²) in [5.41, 5.74) is 0. The van der Waals surface area contributed by atoms with Gasteiger partial charge in [0.15, 0.2) is 0 Å². The molecule has 0 aliphatic carbocycles. The predicted molar refractivity (Wildman–Crippen MR) is 54.7 cm³/mol. The second-order valence-electron chi connectivity index (χ2n) is 3.46. The van der Waals surface area contributed by atoms with Gasteiger partial charge >= 0.3 is 0 Å². The quantitative estimate of drug-likeness (QED) is 0.680. The molecule has 0 aromatic rings. The summed E-state index contributed by atoms with van der Waals surface area (Å²) in [7, 11) is -1.34. The van der Waals surface area contributed by atoms with Crippen LogP contribution in [0, 0.1) is 0 Å². The molecule has 14 heavy (non-hydrogen) atoms. The van der Waals surface area contributed by atoms with Crippen molar-refractivity contribution >= 4 is 10.0 Å². The third kappa shape index (κ3) is 3.20. The van der Waals surface area contributed by atoms with E-state index in [2.05, 4.69) is 5.32 Å². The van der Waals surface area contributed by atoms with Crippen molar-refractivity contribution in [1.29, 1.82) is 0 Å². The topological polar surface area (TPSA) is 58.6 Å². The summed E-state index contributed by atoms with van der Waals surface area (Å²) in [6.07, 6.45) is 0.00751. The zero-order valence-electron chi connectivity index (χ0n) is 8.69. The number of hydrogen-bond acceptors (Lipinski definition) is 4. The van der Waals surface area contributed by atoms with Crippen LogP contribution in [0.4, 0.5) is 0 Å². The molecule has 1 aliphatic rings. The van der Waals surface area contributed by atoms with Crippen molar-refractivity contribution in [3.63, 3.8) is 0 Å². The summed E-state index contributed by atoms with van der Waals surface area (Å²) >= 11 is 0. The highest BCUT2D eigenvalue weighted by molar-refractivity contribution is 7.89. The van der Waals surface area contributed by atoms with E-state index in [-0.39, 0.29) is 11.9 Å². The van der Waals surface area contributed by atoms with Gasteiger partial charge in [0.2, 0.25) is 10.0 Å². The highest BCUT2D eigenvalue weighted by atomic mass is 32.2. The number of morpholine rings is 1. The fourth-order valence-corrected chi connectivity index (χ4v) is 2.91. The molecule has 1 atom stereocenters. The van der Waals surface area contributed by atoms with Crippen molar-refractivity contribution in [2.45, 2.75) is 13.0 Å². The van der Waals surface area contributed by atoms with Crippen LogP contribution in [0.2, 0.25) is 0 Å². The monoisotopic (exact) mass is 222 g/mol. The Balaban J connectivity index is 2.53. The molecule has 0 bridgehead atoms. The van der Waals surface area contributed by atoms with Crippen LogP contribution in [-0.2, 0) is 14.8 Å². The minimum absolute atomic E-state index is 0.00751. The summed E-state index contributed by atoms with van der Waals surface area (Å²) < 4.78 is 30.2. The molecule has 1 aliphatic heterocycles. The van der Waals surface area contributed by atoms with Crippen molar-refractivity contribution in [3.8, 4) is 0 Å². The summed E-state index contributed by atoms with van der Waals surface area (Å²) in [6.45, 7) is 3.84. The Labute approximate surface area is 85.5 Å². The van der Waals surface area contributed by atoms with Crippen LogP contribution in [0.25, 0.3) is 0 Å². The second kappa shape index (κ2) is 5.06. The minimum atomic E-state index is -3.09. The van der Waals surface area contributed by atoms with Gasteiger partial charge in [-0.3, -0.25) is 0 Å². The average Bonchev–Trinajstić information content (AvgIpc) is 2.15. The molecule has 0 aromatic carbocycles. The SMILES string of the molecule is CNCCS(=O)(=O)N1CCOC(C)C1. The van der Waals surface area contributed by atoms with Crippen molar-refractivity contribution in [3.05, 3.63) is 0 Å². The van der Waals surface area contributed by atoms with Crippen molar-refractivity contribution in [2.24, 2.45) is 0 Å². The Morgan fingerprint density at radius 3 is 2.86 bits per heavy atom. The summed E-state index contributed by atoms with van der Waals surface area (Å²) in [6, 6.07) is 0. The van der Waals surface area contributed by atoms with Crippen LogP contribution in [0.5, 0.6) is 0 Å². The minimum Gasteiger partial charge on any atom is -0.376 e. The van der Waals surface area contributed by atoms with Gasteiger partial charge in [0.25, 0.3) is 0 Å². The fourth-order valence-electron chi connectivity index (χ4n) is 1.40. The van der Waals surface area contributed by atoms with E-state index >= 15 is 0 Å². The molecule has 6 heteroatoms. The summed E-state index contributed by atoms with van der Waals surface area (Å²) in [5, 5.41) is 2.84. The molecule has 1 rings (SSSR count). The third-order valence-electron chi connectivity index (χ3n) is 2.21. The van der Waals surface area contributed by atoms with E-state index in [1.807, 2.05) is 6.92 Å². The second-order valence-corrected chi connectivity index (χ2v) is 5.55. The van der Waals surface area contributed by atoms with Crippen molar-refractivity contribution in [1.82, 2.24) is 9.62 Å². The van der Waals surface area contributed by atoms with E-state index in [4.69, 9.17) is 4.74 Å². The Morgan fingerprint density at radius 2 is 2.29 bits per heavy atom. The Morgan fingerprint density at radius 1 is 1.57 bits per heavy atom. The van der Waals surface area contributed by atoms with Gasteiger partial charge in [0.1, 0.15) is 0 Å². The molecule has 1 fully saturated rings. The first-order chi connectivity index (χ1) is 6.56. The van der Waals surface area contributed by atoms with E-state index in [1.165, 1.54) is 4.31 Å². The first kappa shape index (κ1) is 11.9. The molecule has 1 N–H and O–H groups in total. The van der Waals surface area contributed by atoms with Crippen LogP contribution in [0.15, 0.2) is 0 Å². The lowest BCUT2D eigenvalue weighted by Crippen LogP contribution is -2.46. The number of nitrogens with one attached hydrogen (secondary N) is 1. The predicted octanol–water partition coefficient (Wildman–Crippen LogP) is -0.744. The number of rotatable bonds is 4. The normalized spacial score (nSPS) is 25.1. The maximum absolute atomic E-state index is 11.7. The van der Waals surface area contributed by atoms with Gasteiger partial charge in [-0.05, 0) is 14.0 Å². The molecule has 5 nitrogen and oxygen atoms in total. The molecule has 0 saturated carbocycles. The first-order valence-corrected chi connectivity index (χ1v) is 6.41. The lowest BCUT2D eigenvalue weighted by molar-refractivity contribution is 0.0102. The van der Waals surface area contributed by atoms with Crippen LogP contribution in [-0.4, -0.2) is 57.9 Å². The van der Waals surface area contributed by atoms with Gasteiger partial charge in [-0.2, -0.15) is 4.31 Å². The Kier molecular flexibility index (Phi) is 4.31. The molecule has 1 heterocycles. The average molecular weight is 222 g/mol. The van der Waals surface area contributed by atoms with Gasteiger partial charge in [-0.25, -0.2) is 8.42 Å². The maximum Gasteiger partial charge on any atom is 0.215 e.